The molecule has 0 saturated carbocycles. The molecular weight excluding hydrogens is 281 g/mol. The fourth-order valence-corrected chi connectivity index (χ4v) is 1.79. The molecule has 4 nitrogen and oxygen atoms in total. The first-order chi connectivity index (χ1) is 7.59. The zero-order valence-electron chi connectivity index (χ0n) is 7.81. The van der Waals surface area contributed by atoms with Crippen molar-refractivity contribution in [3.05, 3.63) is 50.9 Å². The minimum atomic E-state index is -0.690. The first-order valence-corrected chi connectivity index (χ1v) is 5.06. The van der Waals surface area contributed by atoms with Crippen LogP contribution in [0.4, 0.5) is 10.1 Å². The van der Waals surface area contributed by atoms with Gasteiger partial charge < -0.3 is 4.42 Å². The Morgan fingerprint density at radius 3 is 2.75 bits per heavy atom. The van der Waals surface area contributed by atoms with Crippen LogP contribution in [0, 0.1) is 15.9 Å². The highest BCUT2D eigenvalue weighted by atomic mass is 79.9. The lowest BCUT2D eigenvalue weighted by atomic mass is 10.1. The van der Waals surface area contributed by atoms with Gasteiger partial charge in [-0.2, -0.15) is 0 Å². The van der Waals surface area contributed by atoms with E-state index < -0.39 is 10.7 Å². The first kappa shape index (κ1) is 10.8. The average Bonchev–Trinajstić information content (AvgIpc) is 2.73. The molecule has 0 unspecified atom stereocenters. The molecule has 0 bridgehead atoms. The van der Waals surface area contributed by atoms with Gasteiger partial charge in [-0.05, 0) is 34.1 Å². The summed E-state index contributed by atoms with van der Waals surface area (Å²) in [7, 11) is 0. The highest BCUT2D eigenvalue weighted by Gasteiger charge is 2.18. The molecule has 0 spiro atoms. The second-order valence-electron chi connectivity index (χ2n) is 3.02. The maximum Gasteiger partial charge on any atom is 0.286 e. The third kappa shape index (κ3) is 1.83. The summed E-state index contributed by atoms with van der Waals surface area (Å²) in [6.07, 6.45) is 1.41. The van der Waals surface area contributed by atoms with Gasteiger partial charge in [-0.3, -0.25) is 10.1 Å². The van der Waals surface area contributed by atoms with Crippen LogP contribution in [0.5, 0.6) is 0 Å². The predicted octanol–water partition coefficient (Wildman–Crippen LogP) is 3.76. The number of halogens is 2. The smallest absolute Gasteiger partial charge is 0.286 e. The number of nitro groups is 1. The molecule has 6 heteroatoms. The van der Waals surface area contributed by atoms with E-state index in [1.165, 1.54) is 12.3 Å². The topological polar surface area (TPSA) is 56.3 Å². The Kier molecular flexibility index (Phi) is 2.74. The van der Waals surface area contributed by atoms with Gasteiger partial charge in [-0.25, -0.2) is 4.39 Å². The Morgan fingerprint density at radius 2 is 2.19 bits per heavy atom. The van der Waals surface area contributed by atoms with E-state index in [1.807, 2.05) is 0 Å². The van der Waals surface area contributed by atoms with Crippen molar-refractivity contribution >= 4 is 21.6 Å². The fourth-order valence-electron chi connectivity index (χ4n) is 1.30. The zero-order chi connectivity index (χ0) is 11.7. The van der Waals surface area contributed by atoms with E-state index in [1.54, 1.807) is 12.1 Å². The van der Waals surface area contributed by atoms with Gasteiger partial charge in [0.1, 0.15) is 11.6 Å². The number of nitro benzene ring substituents is 1. The maximum atomic E-state index is 13.6. The minimum Gasteiger partial charge on any atom is -0.464 e. The van der Waals surface area contributed by atoms with Gasteiger partial charge >= 0.3 is 0 Å². The van der Waals surface area contributed by atoms with Gasteiger partial charge in [0.25, 0.3) is 5.69 Å². The van der Waals surface area contributed by atoms with Crippen molar-refractivity contribution in [3.63, 3.8) is 0 Å². The summed E-state index contributed by atoms with van der Waals surface area (Å²) in [5.41, 5.74) is -0.129. The summed E-state index contributed by atoms with van der Waals surface area (Å²) in [6.45, 7) is 0. The van der Waals surface area contributed by atoms with E-state index in [-0.39, 0.29) is 15.7 Å². The normalized spacial score (nSPS) is 10.4. The summed E-state index contributed by atoms with van der Waals surface area (Å²) in [4.78, 5) is 9.90. The SMILES string of the molecule is O=[N+]([O-])c1cc(F)c(-c2ccco2)cc1Br. The number of benzene rings is 1. The summed E-state index contributed by atoms with van der Waals surface area (Å²) >= 11 is 3.02. The van der Waals surface area contributed by atoms with Gasteiger partial charge in [0.15, 0.2) is 0 Å². The van der Waals surface area contributed by atoms with Gasteiger partial charge in [-0.15, -0.1) is 0 Å². The summed E-state index contributed by atoms with van der Waals surface area (Å²) in [6, 6.07) is 5.38. The van der Waals surface area contributed by atoms with E-state index in [4.69, 9.17) is 4.42 Å². The van der Waals surface area contributed by atoms with Gasteiger partial charge in [-0.1, -0.05) is 0 Å². The van der Waals surface area contributed by atoms with Crippen LogP contribution in [-0.2, 0) is 0 Å². The molecule has 1 aromatic carbocycles. The summed E-state index contributed by atoms with van der Waals surface area (Å²) in [5, 5.41) is 10.6. The van der Waals surface area contributed by atoms with Gasteiger partial charge in [0.05, 0.1) is 27.3 Å². The van der Waals surface area contributed by atoms with E-state index in [2.05, 4.69) is 15.9 Å². The quantitative estimate of drug-likeness (QED) is 0.624. The Bertz CT molecular complexity index is 539. The molecule has 0 N–H and O–H groups in total. The van der Waals surface area contributed by atoms with Crippen molar-refractivity contribution in [2.45, 2.75) is 0 Å². The van der Waals surface area contributed by atoms with Crippen LogP contribution < -0.4 is 0 Å². The standard InChI is InChI=1S/C10H5BrFNO3/c11-7-4-6(10-2-1-3-16-10)8(12)5-9(7)13(14)15/h1-5H. The first-order valence-electron chi connectivity index (χ1n) is 4.27. The highest BCUT2D eigenvalue weighted by molar-refractivity contribution is 9.10. The van der Waals surface area contributed by atoms with Crippen molar-refractivity contribution < 1.29 is 13.7 Å². The Hall–Kier alpha value is -1.69. The third-order valence-corrected chi connectivity index (χ3v) is 2.65. The molecule has 0 aliphatic carbocycles. The van der Waals surface area contributed by atoms with E-state index in [0.29, 0.717) is 5.76 Å². The second kappa shape index (κ2) is 4.05. The molecular formula is C10H5BrFNO3. The monoisotopic (exact) mass is 285 g/mol. The van der Waals surface area contributed by atoms with Gasteiger partial charge in [0, 0.05) is 0 Å². The van der Waals surface area contributed by atoms with Crippen LogP contribution >= 0.6 is 15.9 Å². The van der Waals surface area contributed by atoms with Crippen molar-refractivity contribution in [1.29, 1.82) is 0 Å². The molecule has 2 aromatic rings. The van der Waals surface area contributed by atoms with E-state index in [0.717, 1.165) is 6.07 Å². The van der Waals surface area contributed by atoms with Crippen LogP contribution in [0.1, 0.15) is 0 Å². The van der Waals surface area contributed by atoms with Crippen molar-refractivity contribution in [1.82, 2.24) is 0 Å². The highest BCUT2D eigenvalue weighted by Crippen LogP contribution is 2.33. The Morgan fingerprint density at radius 1 is 1.44 bits per heavy atom. The summed E-state index contributed by atoms with van der Waals surface area (Å²) in [5.74, 6) is -0.363. The number of hydrogen-bond acceptors (Lipinski definition) is 3. The fraction of sp³-hybridized carbons (Fsp3) is 0. The Labute approximate surface area is 98.0 Å². The third-order valence-electron chi connectivity index (χ3n) is 2.02. The lowest BCUT2D eigenvalue weighted by Crippen LogP contribution is -1.92. The molecule has 0 radical (unpaired) electrons. The van der Waals surface area contributed by atoms with Gasteiger partial charge in [0.2, 0.25) is 0 Å². The molecule has 82 valence electrons. The average molecular weight is 286 g/mol. The summed E-state index contributed by atoms with van der Waals surface area (Å²) < 4.78 is 18.8. The molecule has 1 aromatic heterocycles. The van der Waals surface area contributed by atoms with E-state index in [9.17, 15) is 14.5 Å². The molecule has 0 fully saturated rings. The second-order valence-corrected chi connectivity index (χ2v) is 3.87. The maximum absolute atomic E-state index is 13.6. The number of furan rings is 1. The lowest BCUT2D eigenvalue weighted by molar-refractivity contribution is -0.385. The predicted molar refractivity (Wildman–Crippen MR) is 58.5 cm³/mol. The minimum absolute atomic E-state index is 0.183. The molecule has 2 rings (SSSR count). The Balaban J connectivity index is 2.59. The van der Waals surface area contributed by atoms with Crippen LogP contribution in [0.2, 0.25) is 0 Å². The molecule has 0 amide bonds. The van der Waals surface area contributed by atoms with E-state index >= 15 is 0 Å². The van der Waals surface area contributed by atoms with Crippen molar-refractivity contribution in [2.75, 3.05) is 0 Å². The number of nitrogens with zero attached hydrogens (tertiary/aromatic N) is 1. The number of rotatable bonds is 2. The molecule has 0 aliphatic rings. The molecule has 0 saturated heterocycles. The molecule has 1 heterocycles. The largest absolute Gasteiger partial charge is 0.464 e. The molecule has 0 aliphatic heterocycles. The van der Waals surface area contributed by atoms with Crippen LogP contribution in [-0.4, -0.2) is 4.92 Å². The van der Waals surface area contributed by atoms with Crippen molar-refractivity contribution in [3.8, 4) is 11.3 Å². The molecule has 16 heavy (non-hydrogen) atoms. The lowest BCUT2D eigenvalue weighted by Gasteiger charge is -2.01. The molecule has 0 atom stereocenters. The van der Waals surface area contributed by atoms with Crippen LogP contribution in [0.15, 0.2) is 39.4 Å². The van der Waals surface area contributed by atoms with Crippen LogP contribution in [0.25, 0.3) is 11.3 Å². The zero-order valence-corrected chi connectivity index (χ0v) is 9.40. The number of hydrogen-bond donors (Lipinski definition) is 0. The van der Waals surface area contributed by atoms with Crippen LogP contribution in [0.3, 0.4) is 0 Å². The van der Waals surface area contributed by atoms with Crippen molar-refractivity contribution in [2.24, 2.45) is 0 Å².